The molecular formula is C16H19ClN6O2. The third kappa shape index (κ3) is 4.08. The Morgan fingerprint density at radius 1 is 1.44 bits per heavy atom. The van der Waals surface area contributed by atoms with Crippen molar-refractivity contribution in [2.24, 2.45) is 0 Å². The Morgan fingerprint density at radius 2 is 2.28 bits per heavy atom. The molecule has 2 aromatic heterocycles. The van der Waals surface area contributed by atoms with Crippen LogP contribution in [0.2, 0.25) is 5.02 Å². The van der Waals surface area contributed by atoms with Gasteiger partial charge in [0.2, 0.25) is 11.8 Å². The zero-order chi connectivity index (χ0) is 17.8. The molecule has 0 radical (unpaired) electrons. The Balaban J connectivity index is 1.62. The summed E-state index contributed by atoms with van der Waals surface area (Å²) in [6.07, 6.45) is 3.77. The molecule has 0 bridgehead atoms. The maximum absolute atomic E-state index is 12.5. The highest BCUT2D eigenvalue weighted by Crippen LogP contribution is 2.23. The maximum atomic E-state index is 12.5. The second kappa shape index (κ2) is 7.52. The molecule has 1 amide bonds. The van der Waals surface area contributed by atoms with Gasteiger partial charge < -0.3 is 20.7 Å². The predicted octanol–water partition coefficient (Wildman–Crippen LogP) is 1.83. The molecule has 3 rings (SSSR count). The molecule has 9 heteroatoms. The van der Waals surface area contributed by atoms with E-state index in [1.807, 2.05) is 6.92 Å². The number of halogens is 1. The lowest BCUT2D eigenvalue weighted by Gasteiger charge is -2.17. The highest BCUT2D eigenvalue weighted by atomic mass is 35.5. The van der Waals surface area contributed by atoms with Crippen LogP contribution in [0.3, 0.4) is 0 Å². The first-order valence-electron chi connectivity index (χ1n) is 7.99. The monoisotopic (exact) mass is 362 g/mol. The van der Waals surface area contributed by atoms with E-state index in [0.29, 0.717) is 47.9 Å². The third-order valence-corrected chi connectivity index (χ3v) is 4.07. The van der Waals surface area contributed by atoms with E-state index >= 15 is 0 Å². The van der Waals surface area contributed by atoms with Gasteiger partial charge in [0.05, 0.1) is 24.7 Å². The smallest absolute Gasteiger partial charge is 0.272 e. The van der Waals surface area contributed by atoms with Crippen molar-refractivity contribution in [3.05, 3.63) is 35.2 Å². The lowest BCUT2D eigenvalue weighted by atomic mass is 10.3. The summed E-state index contributed by atoms with van der Waals surface area (Å²) < 4.78 is 5.36. The summed E-state index contributed by atoms with van der Waals surface area (Å²) >= 11 is 5.99. The van der Waals surface area contributed by atoms with Crippen LogP contribution in [0.5, 0.6) is 5.88 Å². The van der Waals surface area contributed by atoms with E-state index in [9.17, 15) is 4.79 Å². The number of amides is 1. The zero-order valence-electron chi connectivity index (χ0n) is 13.8. The topological polar surface area (TPSA) is 106 Å². The number of aromatic nitrogens is 3. The van der Waals surface area contributed by atoms with E-state index < -0.39 is 0 Å². The van der Waals surface area contributed by atoms with Crippen molar-refractivity contribution < 1.29 is 9.53 Å². The minimum Gasteiger partial charge on any atom is -0.477 e. The van der Waals surface area contributed by atoms with E-state index in [0.717, 1.165) is 6.42 Å². The van der Waals surface area contributed by atoms with Crippen molar-refractivity contribution in [3.63, 3.8) is 0 Å². The number of nitrogens with two attached hydrogens (primary N) is 1. The lowest BCUT2D eigenvalue weighted by molar-refractivity contribution is 0.0786. The summed E-state index contributed by atoms with van der Waals surface area (Å²) in [6, 6.07) is 3.35. The largest absolute Gasteiger partial charge is 0.477 e. The van der Waals surface area contributed by atoms with Crippen LogP contribution in [0.25, 0.3) is 0 Å². The number of hydrogen-bond donors (Lipinski definition) is 2. The van der Waals surface area contributed by atoms with Gasteiger partial charge in [-0.15, -0.1) is 0 Å². The summed E-state index contributed by atoms with van der Waals surface area (Å²) in [5, 5.41) is 3.58. The fraction of sp³-hybridized carbons (Fsp3) is 0.375. The van der Waals surface area contributed by atoms with Gasteiger partial charge in [0.1, 0.15) is 10.7 Å². The molecule has 8 nitrogen and oxygen atoms in total. The number of anilines is 2. The second-order valence-electron chi connectivity index (χ2n) is 5.64. The highest BCUT2D eigenvalue weighted by molar-refractivity contribution is 6.31. The molecule has 0 saturated carbocycles. The molecule has 2 aromatic rings. The first-order chi connectivity index (χ1) is 12.1. The molecule has 0 spiro atoms. The Labute approximate surface area is 150 Å². The molecule has 0 aromatic carbocycles. The van der Waals surface area contributed by atoms with Crippen LogP contribution in [-0.4, -0.2) is 51.5 Å². The van der Waals surface area contributed by atoms with Crippen molar-refractivity contribution >= 4 is 29.1 Å². The molecule has 1 fully saturated rings. The summed E-state index contributed by atoms with van der Waals surface area (Å²) in [6.45, 7) is 3.50. The standard InChI is InChI=1S/C16H19ClN6O2/c1-2-25-14-12(17)8-20-16(22-14)21-11-5-6-23(9-11)15(24)13-4-3-10(18)7-19-13/h3-4,7-8,11H,2,5-6,9,18H2,1H3,(H,20,21,22)/t11-/m0/s1. The minimum atomic E-state index is -0.115. The normalized spacial score (nSPS) is 16.7. The van der Waals surface area contributed by atoms with Crippen LogP contribution >= 0.6 is 11.6 Å². The van der Waals surface area contributed by atoms with E-state index in [-0.39, 0.29) is 11.9 Å². The predicted molar refractivity (Wildman–Crippen MR) is 94.8 cm³/mol. The molecule has 1 saturated heterocycles. The Kier molecular flexibility index (Phi) is 5.18. The second-order valence-corrected chi connectivity index (χ2v) is 6.04. The van der Waals surface area contributed by atoms with Gasteiger partial charge in [-0.3, -0.25) is 4.79 Å². The quantitative estimate of drug-likeness (QED) is 0.835. The van der Waals surface area contributed by atoms with E-state index in [1.54, 1.807) is 17.0 Å². The average molecular weight is 363 g/mol. The molecule has 132 valence electrons. The Hall–Kier alpha value is -2.61. The zero-order valence-corrected chi connectivity index (χ0v) is 14.5. The van der Waals surface area contributed by atoms with Crippen molar-refractivity contribution in [1.82, 2.24) is 19.9 Å². The summed E-state index contributed by atoms with van der Waals surface area (Å²) in [4.78, 5) is 26.7. The third-order valence-electron chi connectivity index (χ3n) is 3.81. The van der Waals surface area contributed by atoms with E-state index in [4.69, 9.17) is 22.1 Å². The molecule has 1 atom stereocenters. The number of rotatable bonds is 5. The Bertz CT molecular complexity index is 755. The maximum Gasteiger partial charge on any atom is 0.272 e. The van der Waals surface area contributed by atoms with Crippen LogP contribution in [-0.2, 0) is 0 Å². The van der Waals surface area contributed by atoms with E-state index in [1.165, 1.54) is 12.4 Å². The van der Waals surface area contributed by atoms with Crippen LogP contribution in [0, 0.1) is 0 Å². The molecule has 1 aliphatic rings. The number of hydrogen-bond acceptors (Lipinski definition) is 7. The van der Waals surface area contributed by atoms with Gasteiger partial charge in [0, 0.05) is 19.1 Å². The summed E-state index contributed by atoms with van der Waals surface area (Å²) in [5.74, 6) is 0.660. The number of ether oxygens (including phenoxy) is 1. The van der Waals surface area contributed by atoms with Gasteiger partial charge in [-0.1, -0.05) is 11.6 Å². The molecule has 3 heterocycles. The van der Waals surface area contributed by atoms with Crippen molar-refractivity contribution in [1.29, 1.82) is 0 Å². The van der Waals surface area contributed by atoms with Crippen LogP contribution < -0.4 is 15.8 Å². The van der Waals surface area contributed by atoms with Crippen LogP contribution in [0.4, 0.5) is 11.6 Å². The van der Waals surface area contributed by atoms with Crippen molar-refractivity contribution in [3.8, 4) is 5.88 Å². The fourth-order valence-corrected chi connectivity index (χ4v) is 2.74. The van der Waals surface area contributed by atoms with Gasteiger partial charge in [-0.25, -0.2) is 9.97 Å². The van der Waals surface area contributed by atoms with Gasteiger partial charge >= 0.3 is 0 Å². The minimum absolute atomic E-state index is 0.0494. The Morgan fingerprint density at radius 3 is 3.00 bits per heavy atom. The number of carbonyl (C=O) groups is 1. The summed E-state index contributed by atoms with van der Waals surface area (Å²) in [7, 11) is 0. The van der Waals surface area contributed by atoms with Gasteiger partial charge in [0.25, 0.3) is 5.91 Å². The molecule has 3 N–H and O–H groups in total. The van der Waals surface area contributed by atoms with Crippen molar-refractivity contribution in [2.45, 2.75) is 19.4 Å². The summed E-state index contributed by atoms with van der Waals surface area (Å²) in [5.41, 5.74) is 6.52. The number of pyridine rings is 1. The van der Waals surface area contributed by atoms with Gasteiger partial charge in [-0.2, -0.15) is 4.98 Å². The molecular weight excluding hydrogens is 344 g/mol. The van der Waals surface area contributed by atoms with Crippen LogP contribution in [0.1, 0.15) is 23.8 Å². The first-order valence-corrected chi connectivity index (χ1v) is 8.37. The molecule has 25 heavy (non-hydrogen) atoms. The number of carbonyl (C=O) groups excluding carboxylic acids is 1. The molecule has 0 unspecified atom stereocenters. The number of nitrogens with one attached hydrogen (secondary N) is 1. The van der Waals surface area contributed by atoms with Gasteiger partial charge in [0.15, 0.2) is 0 Å². The fourth-order valence-electron chi connectivity index (χ4n) is 2.60. The molecule has 0 aliphatic carbocycles. The molecule has 1 aliphatic heterocycles. The average Bonchev–Trinajstić information content (AvgIpc) is 3.07. The highest BCUT2D eigenvalue weighted by Gasteiger charge is 2.28. The first kappa shape index (κ1) is 17.2. The number of nitrogens with zero attached hydrogens (tertiary/aromatic N) is 4. The van der Waals surface area contributed by atoms with Crippen molar-refractivity contribution in [2.75, 3.05) is 30.7 Å². The SMILES string of the molecule is CCOc1nc(N[C@H]2CCN(C(=O)c3ccc(N)cn3)C2)ncc1Cl. The van der Waals surface area contributed by atoms with Gasteiger partial charge in [-0.05, 0) is 25.5 Å². The number of likely N-dealkylation sites (tertiary alicyclic amines) is 1. The number of nitrogen functional groups attached to an aromatic ring is 1. The lowest BCUT2D eigenvalue weighted by Crippen LogP contribution is -2.32. The van der Waals surface area contributed by atoms with Crippen LogP contribution in [0.15, 0.2) is 24.5 Å². The van der Waals surface area contributed by atoms with E-state index in [2.05, 4.69) is 20.3 Å².